The van der Waals surface area contributed by atoms with E-state index < -0.39 is 0 Å². The molecule has 1 heterocycles. The largest absolute Gasteiger partial charge is 0.455 e. The zero-order chi connectivity index (χ0) is 40.4. The van der Waals surface area contributed by atoms with E-state index in [1.807, 2.05) is 42.5 Å². The lowest BCUT2D eigenvalue weighted by atomic mass is 9.59. The van der Waals surface area contributed by atoms with Gasteiger partial charge in [0.15, 0.2) is 0 Å². The molecule has 0 spiro atoms. The average Bonchev–Trinajstić information content (AvgIpc) is 3.66. The maximum absolute atomic E-state index is 7.07. The molecule has 252 valence electrons. The highest BCUT2D eigenvalue weighted by Gasteiger charge is 2.25. The lowest BCUT2D eigenvalue weighted by Gasteiger charge is -2.28. The average molecular weight is 725 g/mol. The number of hydrogen-bond acceptors (Lipinski definition) is 1. The first-order chi connectivity index (χ1) is 28.6. The third kappa shape index (κ3) is 5.16. The SMILES string of the molecule is [B]c1c([B])c([B])c2c(-c3ccc4oc5c6ccccc6ccc5c4c3)c3c([B])c([B])c([B])c([B])c3c(-c3ccc4c(ccc5cc(-c6ccccc6)ccc54)c3)c2c1[B]. The van der Waals surface area contributed by atoms with Crippen LogP contribution >= 0.6 is 0 Å². The molecule has 0 bridgehead atoms. The first-order valence-electron chi connectivity index (χ1n) is 19.2. The molecule has 0 saturated heterocycles. The molecule has 0 amide bonds. The molecule has 1 aromatic heterocycles. The van der Waals surface area contributed by atoms with Crippen LogP contribution in [0.1, 0.15) is 0 Å². The fourth-order valence-corrected chi connectivity index (χ4v) is 9.22. The van der Waals surface area contributed by atoms with Crippen molar-refractivity contribution in [3.05, 3.63) is 133 Å². The molecule has 0 aliphatic carbocycles. The lowest BCUT2D eigenvalue weighted by Crippen LogP contribution is -2.50. The summed E-state index contributed by atoms with van der Waals surface area (Å²) in [5.74, 6) is 0. The molecule has 0 fully saturated rings. The van der Waals surface area contributed by atoms with Crippen LogP contribution < -0.4 is 43.7 Å². The molecule has 11 aromatic rings. The third-order valence-corrected chi connectivity index (χ3v) is 12.2. The van der Waals surface area contributed by atoms with Gasteiger partial charge in [0.25, 0.3) is 0 Å². The van der Waals surface area contributed by atoms with E-state index >= 15 is 0 Å². The van der Waals surface area contributed by atoms with E-state index in [0.717, 1.165) is 76.5 Å². The normalized spacial score (nSPS) is 11.9. The van der Waals surface area contributed by atoms with Gasteiger partial charge < -0.3 is 4.42 Å². The molecule has 0 aliphatic rings. The van der Waals surface area contributed by atoms with Crippen molar-refractivity contribution in [2.75, 3.05) is 0 Å². The van der Waals surface area contributed by atoms with Crippen LogP contribution in [-0.4, -0.2) is 62.8 Å². The third-order valence-electron chi connectivity index (χ3n) is 12.2. The fraction of sp³-hybridized carbons (Fsp3) is 0. The van der Waals surface area contributed by atoms with E-state index in [9.17, 15) is 0 Å². The summed E-state index contributed by atoms with van der Waals surface area (Å²) in [5.41, 5.74) is 8.37. The van der Waals surface area contributed by atoms with Gasteiger partial charge >= 0.3 is 0 Å². The lowest BCUT2D eigenvalue weighted by molar-refractivity contribution is 0.672. The Kier molecular flexibility index (Phi) is 8.02. The van der Waals surface area contributed by atoms with Crippen LogP contribution in [0.4, 0.5) is 0 Å². The number of fused-ring (bicyclic) bond motifs is 10. The van der Waals surface area contributed by atoms with Crippen molar-refractivity contribution in [3.8, 4) is 33.4 Å². The summed E-state index contributed by atoms with van der Waals surface area (Å²) in [5, 5.41) is 10.6. The molecule has 0 N–H and O–H groups in total. The van der Waals surface area contributed by atoms with Crippen molar-refractivity contribution >= 4 is 182 Å². The number of benzene rings is 10. The zero-order valence-electron chi connectivity index (χ0n) is 31.7. The summed E-state index contributed by atoms with van der Waals surface area (Å²) >= 11 is 0. The van der Waals surface area contributed by atoms with Gasteiger partial charge in [-0.2, -0.15) is 0 Å². The molecule has 0 atom stereocenters. The minimum atomic E-state index is 0.165. The van der Waals surface area contributed by atoms with E-state index in [0.29, 0.717) is 32.7 Å². The Morgan fingerprint density at radius 2 is 0.746 bits per heavy atom. The summed E-state index contributed by atoms with van der Waals surface area (Å²) in [6.07, 6.45) is 0. The second-order valence-corrected chi connectivity index (χ2v) is 15.3. The number of furan rings is 1. The van der Waals surface area contributed by atoms with Crippen molar-refractivity contribution in [1.82, 2.24) is 0 Å². The second kappa shape index (κ2) is 13.2. The van der Waals surface area contributed by atoms with Gasteiger partial charge in [0.1, 0.15) is 73.9 Å². The first-order valence-corrected chi connectivity index (χ1v) is 19.2. The van der Waals surface area contributed by atoms with Gasteiger partial charge in [-0.15, -0.1) is 21.9 Å². The van der Waals surface area contributed by atoms with Crippen LogP contribution in [0, 0.1) is 0 Å². The highest BCUT2D eigenvalue weighted by Crippen LogP contribution is 2.44. The minimum Gasteiger partial charge on any atom is -0.455 e. The fourth-order valence-electron chi connectivity index (χ4n) is 9.22. The predicted octanol–water partition coefficient (Wildman–Crippen LogP) is 4.70. The highest BCUT2D eigenvalue weighted by atomic mass is 16.3. The van der Waals surface area contributed by atoms with Gasteiger partial charge in [-0.25, -0.2) is 0 Å². The number of rotatable bonds is 3. The van der Waals surface area contributed by atoms with Crippen molar-refractivity contribution in [1.29, 1.82) is 0 Å². The molecule has 1 nitrogen and oxygen atoms in total. The van der Waals surface area contributed by atoms with Crippen molar-refractivity contribution in [2.45, 2.75) is 0 Å². The summed E-state index contributed by atoms with van der Waals surface area (Å²) in [4.78, 5) is 0. The first kappa shape index (κ1) is 35.9. The van der Waals surface area contributed by atoms with E-state index in [1.165, 1.54) is 0 Å². The Hall–Kier alpha value is -6.18. The van der Waals surface area contributed by atoms with Crippen molar-refractivity contribution in [3.63, 3.8) is 0 Å². The predicted molar refractivity (Wildman–Crippen MR) is 261 cm³/mol. The maximum atomic E-state index is 7.07. The van der Waals surface area contributed by atoms with Crippen LogP contribution in [0.5, 0.6) is 0 Å². The molecule has 16 radical (unpaired) electrons. The Balaban J connectivity index is 1.24. The summed E-state index contributed by atoms with van der Waals surface area (Å²) in [7, 11) is 55.0. The van der Waals surface area contributed by atoms with Gasteiger partial charge in [0, 0.05) is 16.2 Å². The molecular weight excluding hydrogens is 703 g/mol. The van der Waals surface area contributed by atoms with E-state index in [1.54, 1.807) is 0 Å². The van der Waals surface area contributed by atoms with Gasteiger partial charge in [-0.1, -0.05) is 125 Å². The quantitative estimate of drug-likeness (QED) is 0.146. The van der Waals surface area contributed by atoms with E-state index in [4.69, 9.17) is 67.2 Å². The minimum absolute atomic E-state index is 0.165. The molecule has 10 aromatic carbocycles. The smallest absolute Gasteiger partial charge is 0.143 e. The Morgan fingerprint density at radius 1 is 0.288 bits per heavy atom. The topological polar surface area (TPSA) is 13.1 Å². The molecule has 0 aliphatic heterocycles. The van der Waals surface area contributed by atoms with Crippen LogP contribution in [0.2, 0.25) is 0 Å². The van der Waals surface area contributed by atoms with Gasteiger partial charge in [0.05, 0.1) is 0 Å². The van der Waals surface area contributed by atoms with E-state index in [-0.39, 0.29) is 43.7 Å². The zero-order valence-corrected chi connectivity index (χ0v) is 31.7. The molecule has 9 heteroatoms. The maximum Gasteiger partial charge on any atom is 0.143 e. The van der Waals surface area contributed by atoms with Crippen LogP contribution in [0.15, 0.2) is 138 Å². The summed E-state index contributed by atoms with van der Waals surface area (Å²) in [6, 6.07) is 45.8. The van der Waals surface area contributed by atoms with Crippen LogP contribution in [0.25, 0.3) is 109 Å². The summed E-state index contributed by atoms with van der Waals surface area (Å²) in [6.45, 7) is 0. The molecule has 59 heavy (non-hydrogen) atoms. The van der Waals surface area contributed by atoms with E-state index in [2.05, 4.69) is 91.0 Å². The summed E-state index contributed by atoms with van der Waals surface area (Å²) < 4.78 is 6.49. The van der Waals surface area contributed by atoms with Crippen LogP contribution in [-0.2, 0) is 0 Å². The molecular formula is C50H22B8O. The van der Waals surface area contributed by atoms with Gasteiger partial charge in [0.2, 0.25) is 0 Å². The molecule has 11 rings (SSSR count). The van der Waals surface area contributed by atoms with Crippen molar-refractivity contribution < 1.29 is 4.42 Å². The van der Waals surface area contributed by atoms with Crippen LogP contribution in [0.3, 0.4) is 0 Å². The monoisotopic (exact) mass is 726 g/mol. The Bertz CT molecular complexity index is 3570. The number of hydrogen-bond donors (Lipinski definition) is 0. The second-order valence-electron chi connectivity index (χ2n) is 15.3. The molecule has 0 unspecified atom stereocenters. The Labute approximate surface area is 351 Å². The van der Waals surface area contributed by atoms with Gasteiger partial charge in [-0.3, -0.25) is 0 Å². The van der Waals surface area contributed by atoms with Crippen molar-refractivity contribution in [2.24, 2.45) is 0 Å². The Morgan fingerprint density at radius 3 is 1.34 bits per heavy atom. The highest BCUT2D eigenvalue weighted by molar-refractivity contribution is 6.71. The standard InChI is InChI=1S/C50H22B8O/c51-42-38-36(28-14-17-31-27(21-28)11-10-26-20-25(13-16-30(26)31)23-6-2-1-3-7-23)39-41(45(54)49(58)47(56)43(39)52)37(40(38)44(53)48(57)46(42)55)29-15-19-35-34(22-29)33-18-12-24-8-4-5-9-32(24)50(33)59-35/h1-22H. The van der Waals surface area contributed by atoms with Gasteiger partial charge in [-0.05, 0) is 112 Å². The molecule has 0 saturated carbocycles.